The van der Waals surface area contributed by atoms with Gasteiger partial charge in [0.25, 0.3) is 0 Å². The Morgan fingerprint density at radius 1 is 1.04 bits per heavy atom. The van der Waals surface area contributed by atoms with E-state index < -0.39 is 6.04 Å². The maximum atomic E-state index is 13.1. The van der Waals surface area contributed by atoms with Crippen molar-refractivity contribution in [3.63, 3.8) is 0 Å². The Hall–Kier alpha value is -2.73. The lowest BCUT2D eigenvalue weighted by Crippen LogP contribution is -2.44. The van der Waals surface area contributed by atoms with Crippen molar-refractivity contribution in [2.45, 2.75) is 32.9 Å². The minimum atomic E-state index is -0.640. The van der Waals surface area contributed by atoms with Crippen LogP contribution in [0.25, 0.3) is 0 Å². The average Bonchev–Trinajstić information content (AvgIpc) is 2.63. The fourth-order valence-electron chi connectivity index (χ4n) is 2.84. The number of amides is 2. The van der Waals surface area contributed by atoms with Gasteiger partial charge < -0.3 is 10.6 Å². The monoisotopic (exact) mass is 371 g/mol. The van der Waals surface area contributed by atoms with Gasteiger partial charge in [0, 0.05) is 11.7 Å². The number of nitrogens with zero attached hydrogens (tertiary/aromatic N) is 1. The molecule has 0 aromatic heterocycles. The van der Waals surface area contributed by atoms with E-state index in [1.807, 2.05) is 56.0 Å². The summed E-state index contributed by atoms with van der Waals surface area (Å²) in [7, 11) is 0. The molecule has 2 aromatic carbocycles. The smallest absolute Gasteiger partial charge is 0.246 e. The topological polar surface area (TPSA) is 61.4 Å². The highest BCUT2D eigenvalue weighted by molar-refractivity contribution is 5.96. The fourth-order valence-corrected chi connectivity index (χ4v) is 2.84. The van der Waals surface area contributed by atoms with E-state index in [0.717, 1.165) is 5.56 Å². The summed E-state index contributed by atoms with van der Waals surface area (Å²) in [5, 5.41) is 5.67. The zero-order valence-corrected chi connectivity index (χ0v) is 15.9. The number of likely N-dealkylation sites (N-methyl/N-ethyl adjacent to an activating group) is 1. The Labute approximate surface area is 159 Å². The largest absolute Gasteiger partial charge is 0.353 e. The van der Waals surface area contributed by atoms with Crippen LogP contribution in [-0.4, -0.2) is 35.8 Å². The van der Waals surface area contributed by atoms with Gasteiger partial charge in [0.1, 0.15) is 11.9 Å². The Kier molecular flexibility index (Phi) is 7.49. The van der Waals surface area contributed by atoms with E-state index in [9.17, 15) is 14.0 Å². The van der Waals surface area contributed by atoms with Crippen LogP contribution in [0.4, 0.5) is 10.1 Å². The van der Waals surface area contributed by atoms with Crippen LogP contribution in [0.1, 0.15) is 32.4 Å². The van der Waals surface area contributed by atoms with Gasteiger partial charge in [-0.15, -0.1) is 0 Å². The first-order valence-corrected chi connectivity index (χ1v) is 9.05. The molecule has 1 unspecified atom stereocenters. The molecule has 6 heteroatoms. The molecular formula is C21H26FN3O2. The molecule has 144 valence electrons. The molecule has 0 aliphatic carbocycles. The van der Waals surface area contributed by atoms with Gasteiger partial charge in [-0.3, -0.25) is 14.5 Å². The van der Waals surface area contributed by atoms with Crippen molar-refractivity contribution in [1.29, 1.82) is 0 Å². The molecule has 0 heterocycles. The van der Waals surface area contributed by atoms with Crippen molar-refractivity contribution in [3.05, 3.63) is 66.0 Å². The molecule has 2 N–H and O–H groups in total. The molecule has 2 aromatic rings. The second kappa shape index (κ2) is 9.83. The standard InChI is InChI=1S/C21H26FN3O2/c1-4-25(14-19(26)23-15(2)3)20(16-8-6-5-7-9-16)21(27)24-18-12-10-17(22)11-13-18/h5-13,15,20H,4,14H2,1-3H3,(H,23,26)(H,24,27). The van der Waals surface area contributed by atoms with Gasteiger partial charge in [-0.1, -0.05) is 37.3 Å². The first-order chi connectivity index (χ1) is 12.9. The molecule has 0 radical (unpaired) electrons. The summed E-state index contributed by atoms with van der Waals surface area (Å²) in [6.45, 7) is 6.31. The summed E-state index contributed by atoms with van der Waals surface area (Å²) in [5.74, 6) is -0.775. The summed E-state index contributed by atoms with van der Waals surface area (Å²) in [6, 6.07) is 14.3. The van der Waals surface area contributed by atoms with Crippen LogP contribution < -0.4 is 10.6 Å². The third-order valence-corrected chi connectivity index (χ3v) is 4.04. The van der Waals surface area contributed by atoms with E-state index in [2.05, 4.69) is 10.6 Å². The molecule has 0 fully saturated rings. The van der Waals surface area contributed by atoms with Crippen molar-refractivity contribution in [2.75, 3.05) is 18.4 Å². The maximum absolute atomic E-state index is 13.1. The predicted molar refractivity (Wildman–Crippen MR) is 105 cm³/mol. The second-order valence-electron chi connectivity index (χ2n) is 6.59. The molecule has 2 amide bonds. The molecule has 0 aliphatic rings. The van der Waals surface area contributed by atoms with Crippen molar-refractivity contribution < 1.29 is 14.0 Å². The van der Waals surface area contributed by atoms with Gasteiger partial charge in [0.15, 0.2) is 0 Å². The van der Waals surface area contributed by atoms with Crippen LogP contribution >= 0.6 is 0 Å². The van der Waals surface area contributed by atoms with E-state index in [1.54, 1.807) is 0 Å². The Bertz CT molecular complexity index is 748. The Morgan fingerprint density at radius 3 is 2.22 bits per heavy atom. The normalized spacial score (nSPS) is 12.1. The first-order valence-electron chi connectivity index (χ1n) is 9.05. The number of carbonyl (C=O) groups is 2. The van der Waals surface area contributed by atoms with Crippen LogP contribution in [0.15, 0.2) is 54.6 Å². The number of rotatable bonds is 8. The number of carbonyl (C=O) groups excluding carboxylic acids is 2. The highest BCUT2D eigenvalue weighted by Gasteiger charge is 2.28. The SMILES string of the molecule is CCN(CC(=O)NC(C)C)C(C(=O)Nc1ccc(F)cc1)c1ccccc1. The maximum Gasteiger partial charge on any atom is 0.246 e. The minimum absolute atomic E-state index is 0.0272. The molecular weight excluding hydrogens is 345 g/mol. The lowest BCUT2D eigenvalue weighted by Gasteiger charge is -2.30. The molecule has 1 atom stereocenters. The lowest BCUT2D eigenvalue weighted by molar-refractivity contribution is -0.126. The van der Waals surface area contributed by atoms with E-state index >= 15 is 0 Å². The quantitative estimate of drug-likeness (QED) is 0.748. The van der Waals surface area contributed by atoms with Gasteiger partial charge in [-0.2, -0.15) is 0 Å². The van der Waals surface area contributed by atoms with E-state index in [4.69, 9.17) is 0 Å². The lowest BCUT2D eigenvalue weighted by atomic mass is 10.0. The minimum Gasteiger partial charge on any atom is -0.353 e. The second-order valence-corrected chi connectivity index (χ2v) is 6.59. The number of anilines is 1. The molecule has 0 aliphatic heterocycles. The first kappa shape index (κ1) is 20.6. The van der Waals surface area contributed by atoms with Gasteiger partial charge in [0.05, 0.1) is 6.54 Å². The Morgan fingerprint density at radius 2 is 1.67 bits per heavy atom. The average molecular weight is 371 g/mol. The summed E-state index contributed by atoms with van der Waals surface area (Å²) in [6.07, 6.45) is 0. The molecule has 27 heavy (non-hydrogen) atoms. The molecule has 5 nitrogen and oxygen atoms in total. The van der Waals surface area contributed by atoms with Gasteiger partial charge in [0.2, 0.25) is 11.8 Å². The van der Waals surface area contributed by atoms with Crippen molar-refractivity contribution in [3.8, 4) is 0 Å². The number of hydrogen-bond acceptors (Lipinski definition) is 3. The van der Waals surface area contributed by atoms with Crippen LogP contribution in [0.2, 0.25) is 0 Å². The summed E-state index contributed by atoms with van der Waals surface area (Å²) in [4.78, 5) is 27.1. The van der Waals surface area contributed by atoms with Crippen LogP contribution in [0.5, 0.6) is 0 Å². The number of hydrogen-bond donors (Lipinski definition) is 2. The van der Waals surface area contributed by atoms with Crippen molar-refractivity contribution in [2.24, 2.45) is 0 Å². The summed E-state index contributed by atoms with van der Waals surface area (Å²) in [5.41, 5.74) is 1.29. The molecule has 0 saturated carbocycles. The third-order valence-electron chi connectivity index (χ3n) is 4.04. The third kappa shape index (κ3) is 6.18. The van der Waals surface area contributed by atoms with Crippen molar-refractivity contribution in [1.82, 2.24) is 10.2 Å². The predicted octanol–water partition coefficient (Wildman–Crippen LogP) is 3.35. The van der Waals surface area contributed by atoms with Gasteiger partial charge in [-0.05, 0) is 50.2 Å². The molecule has 0 bridgehead atoms. The number of benzene rings is 2. The Balaban J connectivity index is 2.25. The summed E-state index contributed by atoms with van der Waals surface area (Å²) < 4.78 is 13.1. The number of nitrogens with one attached hydrogen (secondary N) is 2. The van der Waals surface area contributed by atoms with Crippen LogP contribution in [-0.2, 0) is 9.59 Å². The number of halogens is 1. The molecule has 2 rings (SSSR count). The van der Waals surface area contributed by atoms with Crippen LogP contribution in [0, 0.1) is 5.82 Å². The zero-order chi connectivity index (χ0) is 19.8. The highest BCUT2D eigenvalue weighted by Crippen LogP contribution is 2.23. The zero-order valence-electron chi connectivity index (χ0n) is 15.9. The van der Waals surface area contributed by atoms with Gasteiger partial charge in [-0.25, -0.2) is 4.39 Å². The summed E-state index contributed by atoms with van der Waals surface area (Å²) >= 11 is 0. The molecule has 0 saturated heterocycles. The van der Waals surface area contributed by atoms with E-state index in [-0.39, 0.29) is 30.2 Å². The van der Waals surface area contributed by atoms with Gasteiger partial charge >= 0.3 is 0 Å². The van der Waals surface area contributed by atoms with Crippen molar-refractivity contribution >= 4 is 17.5 Å². The fraction of sp³-hybridized carbons (Fsp3) is 0.333. The highest BCUT2D eigenvalue weighted by atomic mass is 19.1. The van der Waals surface area contributed by atoms with Crippen LogP contribution in [0.3, 0.4) is 0 Å². The molecule has 0 spiro atoms. The van der Waals surface area contributed by atoms with E-state index in [0.29, 0.717) is 12.2 Å². The van der Waals surface area contributed by atoms with E-state index in [1.165, 1.54) is 24.3 Å².